The van der Waals surface area contributed by atoms with Crippen LogP contribution in [0.25, 0.3) is 10.9 Å². The number of hydrogen-bond acceptors (Lipinski definition) is 3. The zero-order valence-electron chi connectivity index (χ0n) is 15.5. The van der Waals surface area contributed by atoms with Gasteiger partial charge in [0, 0.05) is 16.6 Å². The molecule has 2 N–H and O–H groups in total. The number of nitrogens with one attached hydrogen (secondary N) is 2. The fourth-order valence-electron chi connectivity index (χ4n) is 3.68. The molecule has 1 aromatic heterocycles. The third kappa shape index (κ3) is 3.63. The van der Waals surface area contributed by atoms with E-state index in [2.05, 4.69) is 17.2 Å². The standard InChI is InChI=1S/C22H21FN2O3/c1-13-6-8-18-15(10-13)16-11-14(7-9-19(16)24-18)22(27)28-12-21(26)25-20-5-3-2-4-17(20)23/h2-5,7,9,11,13,24H,6,8,10,12H2,1H3,(H,25,26)/t13-/m1/s1. The lowest BCUT2D eigenvalue weighted by atomic mass is 9.87. The van der Waals surface area contributed by atoms with Gasteiger partial charge in [0.1, 0.15) is 5.82 Å². The summed E-state index contributed by atoms with van der Waals surface area (Å²) in [7, 11) is 0. The number of para-hydroxylation sites is 1. The summed E-state index contributed by atoms with van der Waals surface area (Å²) in [4.78, 5) is 27.8. The quantitative estimate of drug-likeness (QED) is 0.666. The van der Waals surface area contributed by atoms with Crippen molar-refractivity contribution >= 4 is 28.5 Å². The van der Waals surface area contributed by atoms with E-state index in [4.69, 9.17) is 4.74 Å². The summed E-state index contributed by atoms with van der Waals surface area (Å²) in [5.74, 6) is -1.10. The first-order valence-electron chi connectivity index (χ1n) is 9.36. The fraction of sp³-hybridized carbons (Fsp3) is 0.273. The maximum absolute atomic E-state index is 13.6. The Bertz CT molecular complexity index is 1060. The SMILES string of the molecule is C[C@@H]1CCc2[nH]c3ccc(C(=O)OCC(=O)Nc4ccccc4F)cc3c2C1. The second-order valence-electron chi connectivity index (χ2n) is 7.29. The summed E-state index contributed by atoms with van der Waals surface area (Å²) < 4.78 is 18.7. The van der Waals surface area contributed by atoms with Crippen LogP contribution in [0, 0.1) is 11.7 Å². The van der Waals surface area contributed by atoms with E-state index >= 15 is 0 Å². The van der Waals surface area contributed by atoms with E-state index in [1.807, 2.05) is 12.1 Å². The van der Waals surface area contributed by atoms with Crippen LogP contribution in [0.3, 0.4) is 0 Å². The Labute approximate surface area is 161 Å². The molecule has 6 heteroatoms. The monoisotopic (exact) mass is 380 g/mol. The second-order valence-corrected chi connectivity index (χ2v) is 7.29. The number of aromatic amines is 1. The highest BCUT2D eigenvalue weighted by atomic mass is 19.1. The Morgan fingerprint density at radius 3 is 2.89 bits per heavy atom. The summed E-state index contributed by atoms with van der Waals surface area (Å²) in [5, 5.41) is 3.43. The summed E-state index contributed by atoms with van der Waals surface area (Å²) in [6.07, 6.45) is 3.16. The molecule has 1 heterocycles. The van der Waals surface area contributed by atoms with E-state index in [1.54, 1.807) is 12.1 Å². The molecule has 0 saturated carbocycles. The number of anilines is 1. The molecule has 0 radical (unpaired) electrons. The maximum atomic E-state index is 13.6. The van der Waals surface area contributed by atoms with E-state index in [0.29, 0.717) is 11.5 Å². The number of H-pyrrole nitrogens is 1. The first kappa shape index (κ1) is 18.2. The van der Waals surface area contributed by atoms with Gasteiger partial charge in [0.25, 0.3) is 5.91 Å². The highest BCUT2D eigenvalue weighted by Crippen LogP contribution is 2.32. The number of carbonyl (C=O) groups is 2. The Hall–Kier alpha value is -3.15. The first-order valence-corrected chi connectivity index (χ1v) is 9.36. The van der Waals surface area contributed by atoms with Gasteiger partial charge in [-0.1, -0.05) is 19.1 Å². The third-order valence-corrected chi connectivity index (χ3v) is 5.15. The molecule has 144 valence electrons. The lowest BCUT2D eigenvalue weighted by Gasteiger charge is -2.18. The minimum Gasteiger partial charge on any atom is -0.452 e. The molecule has 3 aromatic rings. The lowest BCUT2D eigenvalue weighted by molar-refractivity contribution is -0.119. The predicted molar refractivity (Wildman–Crippen MR) is 105 cm³/mol. The van der Waals surface area contributed by atoms with Gasteiger partial charge in [-0.3, -0.25) is 4.79 Å². The molecule has 0 aliphatic heterocycles. The predicted octanol–water partition coefficient (Wildman–Crippen LogP) is 4.23. The van der Waals surface area contributed by atoms with Crippen molar-refractivity contribution in [3.63, 3.8) is 0 Å². The molecule has 4 rings (SSSR count). The van der Waals surface area contributed by atoms with E-state index in [0.717, 1.165) is 30.2 Å². The Balaban J connectivity index is 1.45. The molecule has 1 aliphatic carbocycles. The number of benzene rings is 2. The molecule has 28 heavy (non-hydrogen) atoms. The average Bonchev–Trinajstić information content (AvgIpc) is 3.05. The van der Waals surface area contributed by atoms with Crippen molar-refractivity contribution in [2.45, 2.75) is 26.2 Å². The Morgan fingerprint density at radius 1 is 1.25 bits per heavy atom. The van der Waals surface area contributed by atoms with Crippen LogP contribution in [0.5, 0.6) is 0 Å². The van der Waals surface area contributed by atoms with Crippen molar-refractivity contribution in [1.29, 1.82) is 0 Å². The van der Waals surface area contributed by atoms with Gasteiger partial charge in [-0.2, -0.15) is 0 Å². The van der Waals surface area contributed by atoms with Crippen LogP contribution < -0.4 is 5.32 Å². The number of aromatic nitrogens is 1. The number of hydrogen-bond donors (Lipinski definition) is 2. The minimum atomic E-state index is -0.590. The van der Waals surface area contributed by atoms with Crippen molar-refractivity contribution in [2.24, 2.45) is 5.92 Å². The molecule has 0 saturated heterocycles. The lowest BCUT2D eigenvalue weighted by Crippen LogP contribution is -2.21. The first-order chi connectivity index (χ1) is 13.5. The van der Waals surface area contributed by atoms with Crippen LogP contribution in [0.15, 0.2) is 42.5 Å². The second kappa shape index (κ2) is 7.46. The van der Waals surface area contributed by atoms with Gasteiger partial charge in [-0.15, -0.1) is 0 Å². The summed E-state index contributed by atoms with van der Waals surface area (Å²) in [6, 6.07) is 11.2. The van der Waals surface area contributed by atoms with Crippen LogP contribution in [0.1, 0.15) is 35.0 Å². The number of rotatable bonds is 4. The number of carbonyl (C=O) groups excluding carboxylic acids is 2. The van der Waals surface area contributed by atoms with Crippen molar-refractivity contribution in [3.8, 4) is 0 Å². The molecule has 0 spiro atoms. The molecule has 5 nitrogen and oxygen atoms in total. The smallest absolute Gasteiger partial charge is 0.338 e. The Morgan fingerprint density at radius 2 is 2.07 bits per heavy atom. The number of aryl methyl sites for hydroxylation is 1. The number of esters is 1. The van der Waals surface area contributed by atoms with Gasteiger partial charge in [0.05, 0.1) is 11.3 Å². The largest absolute Gasteiger partial charge is 0.452 e. The van der Waals surface area contributed by atoms with Crippen molar-refractivity contribution < 1.29 is 18.7 Å². The van der Waals surface area contributed by atoms with E-state index < -0.39 is 24.3 Å². The summed E-state index contributed by atoms with van der Waals surface area (Å²) in [5.41, 5.74) is 3.96. The number of halogens is 1. The molecule has 1 aliphatic rings. The molecule has 0 bridgehead atoms. The zero-order chi connectivity index (χ0) is 19.7. The maximum Gasteiger partial charge on any atom is 0.338 e. The summed E-state index contributed by atoms with van der Waals surface area (Å²) >= 11 is 0. The van der Waals surface area contributed by atoms with Crippen LogP contribution >= 0.6 is 0 Å². The van der Waals surface area contributed by atoms with E-state index in [9.17, 15) is 14.0 Å². The molecule has 0 fully saturated rings. The normalized spacial score (nSPS) is 15.9. The molecule has 2 aromatic carbocycles. The highest BCUT2D eigenvalue weighted by molar-refractivity contribution is 5.98. The Kier molecular flexibility index (Phi) is 4.86. The van der Waals surface area contributed by atoms with Crippen LogP contribution in [-0.2, 0) is 22.4 Å². The van der Waals surface area contributed by atoms with E-state index in [1.165, 1.54) is 29.5 Å². The zero-order valence-corrected chi connectivity index (χ0v) is 15.5. The van der Waals surface area contributed by atoms with Crippen molar-refractivity contribution in [3.05, 3.63) is 65.1 Å². The van der Waals surface area contributed by atoms with Crippen molar-refractivity contribution in [1.82, 2.24) is 4.98 Å². The highest BCUT2D eigenvalue weighted by Gasteiger charge is 2.21. The van der Waals surface area contributed by atoms with Gasteiger partial charge in [0.2, 0.25) is 0 Å². The van der Waals surface area contributed by atoms with Crippen LogP contribution in [-0.4, -0.2) is 23.5 Å². The molecule has 1 amide bonds. The van der Waals surface area contributed by atoms with Gasteiger partial charge >= 0.3 is 5.97 Å². The van der Waals surface area contributed by atoms with Gasteiger partial charge < -0.3 is 15.0 Å². The molecular weight excluding hydrogens is 359 g/mol. The molecule has 0 unspecified atom stereocenters. The van der Waals surface area contributed by atoms with Gasteiger partial charge in [0.15, 0.2) is 6.61 Å². The van der Waals surface area contributed by atoms with Gasteiger partial charge in [-0.05, 0) is 61.1 Å². The van der Waals surface area contributed by atoms with Crippen molar-refractivity contribution in [2.75, 3.05) is 11.9 Å². The number of amides is 1. The molecular formula is C22H21FN2O3. The van der Waals surface area contributed by atoms with Gasteiger partial charge in [-0.25, -0.2) is 9.18 Å². The summed E-state index contributed by atoms with van der Waals surface area (Å²) in [6.45, 7) is 1.75. The number of ether oxygens (including phenoxy) is 1. The topological polar surface area (TPSA) is 71.2 Å². The number of fused-ring (bicyclic) bond motifs is 3. The van der Waals surface area contributed by atoms with E-state index in [-0.39, 0.29) is 5.69 Å². The third-order valence-electron chi connectivity index (χ3n) is 5.15. The van der Waals surface area contributed by atoms with Crippen LogP contribution in [0.2, 0.25) is 0 Å². The van der Waals surface area contributed by atoms with Crippen LogP contribution in [0.4, 0.5) is 10.1 Å². The average molecular weight is 380 g/mol. The fourth-order valence-corrected chi connectivity index (χ4v) is 3.68. The minimum absolute atomic E-state index is 0.0537. The molecule has 1 atom stereocenters.